The Bertz CT molecular complexity index is 841. The van der Waals surface area contributed by atoms with Crippen molar-refractivity contribution in [3.8, 4) is 0 Å². The molecule has 0 aromatic rings. The second kappa shape index (κ2) is 5.92. The van der Waals surface area contributed by atoms with E-state index >= 15 is 0 Å². The van der Waals surface area contributed by atoms with Gasteiger partial charge >= 0.3 is 5.97 Å². The minimum Gasteiger partial charge on any atom is -0.465 e. The molecule has 2 saturated heterocycles. The normalized spacial score (nSPS) is 56.5. The molecule has 0 unspecified atom stereocenters. The standard InChI is InChI=1S/C22H30O8/c1-10-12-4-5-13-20-9-30-22(28,21(13,16(10)25)17(12)26)18(27)15(20)19(3,7-6-14(20)24)8-29-11(2)23/h12-15,17-18,24,26-28H,1,4-9H2,2-3H3/t12-,13-,14-,15+,17+,18-,19-,20+,21-,22-/m0/s1. The van der Waals surface area contributed by atoms with Crippen molar-refractivity contribution in [3.05, 3.63) is 12.2 Å². The lowest BCUT2D eigenvalue weighted by atomic mass is 9.35. The van der Waals surface area contributed by atoms with Gasteiger partial charge < -0.3 is 29.9 Å². The molecule has 0 radical (unpaired) electrons. The maximum atomic E-state index is 13.5. The Morgan fingerprint density at radius 3 is 2.60 bits per heavy atom. The van der Waals surface area contributed by atoms with Gasteiger partial charge in [-0.05, 0) is 37.2 Å². The fourth-order valence-electron chi connectivity index (χ4n) is 8.16. The molecule has 8 nitrogen and oxygen atoms in total. The van der Waals surface area contributed by atoms with Crippen LogP contribution in [0.4, 0.5) is 0 Å². The molecule has 4 N–H and O–H groups in total. The fraction of sp³-hybridized carbons (Fsp3) is 0.818. The largest absolute Gasteiger partial charge is 0.465 e. The van der Waals surface area contributed by atoms with Crippen LogP contribution in [0, 0.1) is 34.0 Å². The Hall–Kier alpha value is -1.32. The molecule has 4 saturated carbocycles. The van der Waals surface area contributed by atoms with E-state index in [9.17, 15) is 30.0 Å². The Kier molecular flexibility index (Phi) is 4.06. The first-order valence-electron chi connectivity index (χ1n) is 10.8. The number of aliphatic hydroxyl groups is 4. The van der Waals surface area contributed by atoms with Crippen molar-refractivity contribution < 1.29 is 39.5 Å². The number of carbonyl (C=O) groups is 2. The van der Waals surface area contributed by atoms with Crippen LogP contribution < -0.4 is 0 Å². The molecule has 4 aliphatic carbocycles. The molecule has 6 aliphatic rings. The number of fused-ring (bicyclic) bond motifs is 2. The Morgan fingerprint density at radius 2 is 1.93 bits per heavy atom. The van der Waals surface area contributed by atoms with E-state index in [2.05, 4.69) is 6.58 Å². The maximum absolute atomic E-state index is 13.5. The summed E-state index contributed by atoms with van der Waals surface area (Å²) >= 11 is 0. The zero-order chi connectivity index (χ0) is 21.9. The van der Waals surface area contributed by atoms with Crippen LogP contribution >= 0.6 is 0 Å². The van der Waals surface area contributed by atoms with Gasteiger partial charge in [-0.15, -0.1) is 0 Å². The third kappa shape index (κ3) is 1.92. The Labute approximate surface area is 174 Å². The van der Waals surface area contributed by atoms with Crippen LogP contribution in [0.3, 0.4) is 0 Å². The highest BCUT2D eigenvalue weighted by Crippen LogP contribution is 2.76. The van der Waals surface area contributed by atoms with Crippen molar-refractivity contribution in [3.63, 3.8) is 0 Å². The number of hydrogen-bond donors (Lipinski definition) is 4. The van der Waals surface area contributed by atoms with Crippen molar-refractivity contribution in [1.82, 2.24) is 0 Å². The quantitative estimate of drug-likeness (QED) is 0.359. The van der Waals surface area contributed by atoms with Gasteiger partial charge in [0.1, 0.15) is 11.5 Å². The molecule has 30 heavy (non-hydrogen) atoms. The summed E-state index contributed by atoms with van der Waals surface area (Å²) in [4.78, 5) is 25.0. The van der Waals surface area contributed by atoms with E-state index in [-0.39, 0.29) is 18.8 Å². The molecule has 2 spiro atoms. The number of esters is 1. The number of rotatable bonds is 2. The van der Waals surface area contributed by atoms with E-state index < -0.39 is 69.9 Å². The lowest BCUT2D eigenvalue weighted by Crippen LogP contribution is -2.86. The van der Waals surface area contributed by atoms with Gasteiger partial charge in [0, 0.05) is 29.6 Å². The summed E-state index contributed by atoms with van der Waals surface area (Å²) in [6.45, 7) is 7.06. The van der Waals surface area contributed by atoms with E-state index in [1.165, 1.54) is 6.92 Å². The van der Waals surface area contributed by atoms with Crippen molar-refractivity contribution in [2.24, 2.45) is 34.0 Å². The van der Waals surface area contributed by atoms with Gasteiger partial charge in [0.2, 0.25) is 5.79 Å². The van der Waals surface area contributed by atoms with Crippen LogP contribution in [-0.2, 0) is 19.1 Å². The number of aliphatic hydroxyl groups excluding tert-OH is 3. The van der Waals surface area contributed by atoms with Crippen LogP contribution in [-0.4, -0.2) is 69.5 Å². The van der Waals surface area contributed by atoms with Gasteiger partial charge in [-0.25, -0.2) is 0 Å². The fourth-order valence-corrected chi connectivity index (χ4v) is 8.16. The third-order valence-electron chi connectivity index (χ3n) is 9.32. The highest BCUT2D eigenvalue weighted by atomic mass is 16.6. The smallest absolute Gasteiger partial charge is 0.302 e. The minimum atomic E-state index is -2.30. The second-order valence-corrected chi connectivity index (χ2v) is 10.4. The number of hydrogen-bond acceptors (Lipinski definition) is 8. The zero-order valence-corrected chi connectivity index (χ0v) is 17.3. The maximum Gasteiger partial charge on any atom is 0.302 e. The monoisotopic (exact) mass is 422 g/mol. The molecule has 166 valence electrons. The third-order valence-corrected chi connectivity index (χ3v) is 9.32. The van der Waals surface area contributed by atoms with Crippen LogP contribution in [0.25, 0.3) is 0 Å². The minimum absolute atomic E-state index is 0.0279. The highest BCUT2D eigenvalue weighted by molar-refractivity contribution is 6.05. The Morgan fingerprint density at radius 1 is 1.23 bits per heavy atom. The Balaban J connectivity index is 1.71. The lowest BCUT2D eigenvalue weighted by molar-refractivity contribution is -0.459. The van der Waals surface area contributed by atoms with Crippen LogP contribution in [0.15, 0.2) is 12.2 Å². The number of carbonyl (C=O) groups excluding carboxylic acids is 2. The number of Topliss-reactive ketones (excluding diaryl/α,β-unsaturated/α-hetero) is 1. The summed E-state index contributed by atoms with van der Waals surface area (Å²) in [5.41, 5.74) is -3.28. The molecule has 2 aliphatic heterocycles. The van der Waals surface area contributed by atoms with Crippen molar-refractivity contribution in [2.75, 3.05) is 13.2 Å². The topological polar surface area (TPSA) is 134 Å². The van der Waals surface area contributed by atoms with Crippen molar-refractivity contribution in [1.29, 1.82) is 0 Å². The van der Waals surface area contributed by atoms with Crippen LogP contribution in [0.5, 0.6) is 0 Å². The van der Waals surface area contributed by atoms with Crippen molar-refractivity contribution in [2.45, 2.75) is 63.6 Å². The predicted octanol–water partition coefficient (Wildman–Crippen LogP) is -0.0812. The van der Waals surface area contributed by atoms with Gasteiger partial charge in [-0.1, -0.05) is 13.5 Å². The van der Waals surface area contributed by atoms with Gasteiger partial charge in [-0.2, -0.15) is 0 Å². The average molecular weight is 422 g/mol. The second-order valence-electron chi connectivity index (χ2n) is 10.4. The summed E-state index contributed by atoms with van der Waals surface area (Å²) in [5, 5.41) is 45.8. The summed E-state index contributed by atoms with van der Waals surface area (Å²) in [5.74, 6) is -4.96. The van der Waals surface area contributed by atoms with Crippen LogP contribution in [0.1, 0.15) is 39.5 Å². The van der Waals surface area contributed by atoms with E-state index in [4.69, 9.17) is 9.47 Å². The summed E-state index contributed by atoms with van der Waals surface area (Å²) in [7, 11) is 0. The van der Waals surface area contributed by atoms with E-state index in [1.807, 2.05) is 6.92 Å². The van der Waals surface area contributed by atoms with Crippen molar-refractivity contribution >= 4 is 11.8 Å². The predicted molar refractivity (Wildman–Crippen MR) is 102 cm³/mol. The van der Waals surface area contributed by atoms with Gasteiger partial charge in [0.05, 0.1) is 25.4 Å². The molecule has 0 aromatic heterocycles. The van der Waals surface area contributed by atoms with Gasteiger partial charge in [0.15, 0.2) is 5.78 Å². The molecule has 6 fully saturated rings. The van der Waals surface area contributed by atoms with E-state index in [0.29, 0.717) is 25.7 Å². The molecule has 0 amide bonds. The zero-order valence-electron chi connectivity index (χ0n) is 17.3. The molecular weight excluding hydrogens is 392 g/mol. The van der Waals surface area contributed by atoms with Gasteiger partial charge in [0.25, 0.3) is 0 Å². The average Bonchev–Trinajstić information content (AvgIpc) is 2.80. The first kappa shape index (κ1) is 20.6. The molecule has 10 atom stereocenters. The molecule has 6 rings (SSSR count). The number of ether oxygens (including phenoxy) is 2. The molecular formula is C22H30O8. The molecule has 4 bridgehead atoms. The van der Waals surface area contributed by atoms with E-state index in [0.717, 1.165) is 0 Å². The summed E-state index contributed by atoms with van der Waals surface area (Å²) in [6, 6.07) is 0. The highest BCUT2D eigenvalue weighted by Gasteiger charge is 2.87. The first-order valence-corrected chi connectivity index (χ1v) is 10.8. The molecule has 2 heterocycles. The SMILES string of the molecule is C=C1C(=O)[C@]23[C@H](O)[C@H]1CC[C@H]2[C@@]12CO[C@@]3(O)[C@@H](O)[C@@H]1[C@](C)(COC(C)=O)CC[C@@H]2O. The van der Waals surface area contributed by atoms with Crippen LogP contribution in [0.2, 0.25) is 0 Å². The summed E-state index contributed by atoms with van der Waals surface area (Å²) in [6.07, 6.45) is -1.78. The number of ketones is 1. The first-order chi connectivity index (χ1) is 14.0. The lowest BCUT2D eigenvalue weighted by Gasteiger charge is -2.74. The molecule has 0 aromatic carbocycles. The molecule has 8 heteroatoms. The van der Waals surface area contributed by atoms with E-state index in [1.54, 1.807) is 0 Å². The van der Waals surface area contributed by atoms with Gasteiger partial charge in [-0.3, -0.25) is 9.59 Å². The summed E-state index contributed by atoms with van der Waals surface area (Å²) < 4.78 is 11.1.